The van der Waals surface area contributed by atoms with E-state index in [2.05, 4.69) is 20.6 Å². The van der Waals surface area contributed by atoms with Gasteiger partial charge in [-0.25, -0.2) is 0 Å². The molecule has 4 aromatic rings. The first kappa shape index (κ1) is 16.9. The Morgan fingerprint density at radius 2 is 1.96 bits per heavy atom. The number of hydrogen-bond acceptors (Lipinski definition) is 6. The van der Waals surface area contributed by atoms with E-state index in [1.54, 1.807) is 15.9 Å². The topological polar surface area (TPSA) is 75.4 Å². The van der Waals surface area contributed by atoms with E-state index in [-0.39, 0.29) is 5.91 Å². The van der Waals surface area contributed by atoms with E-state index in [4.69, 9.17) is 0 Å². The molecule has 1 aliphatic rings. The van der Waals surface area contributed by atoms with Crippen LogP contribution in [0.4, 0.5) is 11.5 Å². The number of nitrogens with one attached hydrogen (secondary N) is 1. The Labute approximate surface area is 165 Å². The molecular formula is C20H18N6OS. The third-order valence-corrected chi connectivity index (χ3v) is 5.52. The normalized spacial score (nSPS) is 14.1. The summed E-state index contributed by atoms with van der Waals surface area (Å²) in [5.41, 5.74) is 3.82. The Morgan fingerprint density at radius 1 is 1.07 bits per heavy atom. The van der Waals surface area contributed by atoms with Crippen LogP contribution >= 0.6 is 11.3 Å². The van der Waals surface area contributed by atoms with Crippen LogP contribution in [0.15, 0.2) is 53.2 Å². The lowest BCUT2D eigenvalue weighted by atomic mass is 10.2. The number of carbonyl (C=O) groups is 1. The first-order valence-corrected chi connectivity index (χ1v) is 10.1. The molecule has 1 N–H and O–H groups in total. The number of benzene rings is 1. The van der Waals surface area contributed by atoms with Gasteiger partial charge < -0.3 is 10.2 Å². The Hall–Kier alpha value is -3.26. The number of aromatic nitrogens is 4. The third kappa shape index (κ3) is 3.11. The van der Waals surface area contributed by atoms with E-state index in [1.807, 2.05) is 58.1 Å². The minimum atomic E-state index is 0.207. The van der Waals surface area contributed by atoms with Crippen molar-refractivity contribution in [3.05, 3.63) is 58.8 Å². The maximum absolute atomic E-state index is 11.9. The second-order valence-corrected chi connectivity index (χ2v) is 7.47. The standard InChI is InChI=1S/C20H18N6OS/c27-19-2-1-10-25(19)16-5-3-14(4-6-16)12-21-17-7-8-18-22-23-20(26(18)24-17)15-9-11-28-13-15/h3-9,11,13H,1-2,10,12H2,(H,21,24). The molecule has 0 saturated carbocycles. The van der Waals surface area contributed by atoms with Gasteiger partial charge in [0.05, 0.1) is 0 Å². The molecule has 4 heterocycles. The zero-order valence-corrected chi connectivity index (χ0v) is 15.9. The van der Waals surface area contributed by atoms with Crippen LogP contribution in [0.2, 0.25) is 0 Å². The first-order chi connectivity index (χ1) is 13.8. The van der Waals surface area contributed by atoms with Gasteiger partial charge in [0, 0.05) is 36.1 Å². The van der Waals surface area contributed by atoms with E-state index in [9.17, 15) is 4.79 Å². The molecule has 0 bridgehead atoms. The van der Waals surface area contributed by atoms with Gasteiger partial charge in [0.2, 0.25) is 5.91 Å². The van der Waals surface area contributed by atoms with Gasteiger partial charge >= 0.3 is 0 Å². The number of fused-ring (bicyclic) bond motifs is 1. The van der Waals surface area contributed by atoms with Crippen molar-refractivity contribution in [1.82, 2.24) is 19.8 Å². The summed E-state index contributed by atoms with van der Waals surface area (Å²) in [6.07, 6.45) is 1.58. The van der Waals surface area contributed by atoms with Gasteiger partial charge in [0.15, 0.2) is 11.5 Å². The van der Waals surface area contributed by atoms with Crippen LogP contribution in [-0.2, 0) is 11.3 Å². The predicted molar refractivity (Wildman–Crippen MR) is 109 cm³/mol. The van der Waals surface area contributed by atoms with Crippen LogP contribution < -0.4 is 10.2 Å². The minimum Gasteiger partial charge on any atom is -0.365 e. The fraction of sp³-hybridized carbons (Fsp3) is 0.200. The second-order valence-electron chi connectivity index (χ2n) is 6.69. The van der Waals surface area contributed by atoms with Crippen LogP contribution in [0.1, 0.15) is 18.4 Å². The quantitative estimate of drug-likeness (QED) is 0.564. The highest BCUT2D eigenvalue weighted by molar-refractivity contribution is 7.08. The largest absolute Gasteiger partial charge is 0.365 e. The lowest BCUT2D eigenvalue weighted by Crippen LogP contribution is -2.23. The minimum absolute atomic E-state index is 0.207. The van der Waals surface area contributed by atoms with Crippen molar-refractivity contribution >= 4 is 34.4 Å². The SMILES string of the molecule is O=C1CCCN1c1ccc(CNc2ccc3nnc(-c4ccsc4)n3n2)cc1. The highest BCUT2D eigenvalue weighted by atomic mass is 32.1. The summed E-state index contributed by atoms with van der Waals surface area (Å²) in [5.74, 6) is 1.70. The van der Waals surface area contributed by atoms with Crippen molar-refractivity contribution in [1.29, 1.82) is 0 Å². The lowest BCUT2D eigenvalue weighted by Gasteiger charge is -2.16. The van der Waals surface area contributed by atoms with Crippen LogP contribution in [0.5, 0.6) is 0 Å². The van der Waals surface area contributed by atoms with Gasteiger partial charge in [-0.2, -0.15) is 15.9 Å². The van der Waals surface area contributed by atoms with Gasteiger partial charge in [-0.1, -0.05) is 12.1 Å². The molecule has 140 valence electrons. The van der Waals surface area contributed by atoms with E-state index >= 15 is 0 Å². The number of amides is 1. The van der Waals surface area contributed by atoms with Gasteiger partial charge in [0.25, 0.3) is 0 Å². The molecule has 28 heavy (non-hydrogen) atoms. The molecule has 1 amide bonds. The van der Waals surface area contributed by atoms with E-state index in [0.29, 0.717) is 18.6 Å². The molecule has 1 aromatic carbocycles. The highest BCUT2D eigenvalue weighted by Gasteiger charge is 2.21. The molecule has 1 fully saturated rings. The summed E-state index contributed by atoms with van der Waals surface area (Å²) in [6.45, 7) is 1.45. The smallest absolute Gasteiger partial charge is 0.227 e. The fourth-order valence-corrected chi connectivity index (χ4v) is 4.00. The second kappa shape index (κ2) is 7.05. The molecular weight excluding hydrogens is 372 g/mol. The maximum Gasteiger partial charge on any atom is 0.227 e. The molecule has 1 aliphatic heterocycles. The number of carbonyl (C=O) groups excluding carboxylic acids is 1. The summed E-state index contributed by atoms with van der Waals surface area (Å²) in [7, 11) is 0. The van der Waals surface area contributed by atoms with Crippen LogP contribution in [0, 0.1) is 0 Å². The Balaban J connectivity index is 1.32. The van der Waals surface area contributed by atoms with Gasteiger partial charge in [-0.15, -0.1) is 15.3 Å². The molecule has 1 saturated heterocycles. The summed E-state index contributed by atoms with van der Waals surface area (Å²) in [4.78, 5) is 13.7. The van der Waals surface area contributed by atoms with Crippen molar-refractivity contribution in [2.45, 2.75) is 19.4 Å². The summed E-state index contributed by atoms with van der Waals surface area (Å²) in [6, 6.07) is 13.9. The average Bonchev–Trinajstić information content (AvgIpc) is 3.47. The molecule has 8 heteroatoms. The maximum atomic E-state index is 11.9. The summed E-state index contributed by atoms with van der Waals surface area (Å²) in [5, 5.41) is 20.5. The van der Waals surface area contributed by atoms with Crippen LogP contribution in [-0.4, -0.2) is 32.3 Å². The van der Waals surface area contributed by atoms with Crippen molar-refractivity contribution in [3.63, 3.8) is 0 Å². The van der Waals surface area contributed by atoms with Crippen LogP contribution in [0.25, 0.3) is 17.0 Å². The van der Waals surface area contributed by atoms with E-state index in [0.717, 1.165) is 41.4 Å². The monoisotopic (exact) mass is 390 g/mol. The number of rotatable bonds is 5. The molecule has 0 atom stereocenters. The molecule has 7 nitrogen and oxygen atoms in total. The van der Waals surface area contributed by atoms with Crippen molar-refractivity contribution in [2.24, 2.45) is 0 Å². The van der Waals surface area contributed by atoms with Crippen molar-refractivity contribution in [2.75, 3.05) is 16.8 Å². The fourth-order valence-electron chi connectivity index (χ4n) is 3.36. The average molecular weight is 390 g/mol. The van der Waals surface area contributed by atoms with E-state index in [1.165, 1.54) is 0 Å². The molecule has 0 unspecified atom stereocenters. The lowest BCUT2D eigenvalue weighted by molar-refractivity contribution is -0.117. The Bertz CT molecular complexity index is 1120. The van der Waals surface area contributed by atoms with Gasteiger partial charge in [-0.3, -0.25) is 4.79 Å². The number of anilines is 2. The third-order valence-electron chi connectivity index (χ3n) is 4.84. The number of hydrogen-bond donors (Lipinski definition) is 1. The molecule has 3 aromatic heterocycles. The van der Waals surface area contributed by atoms with Gasteiger partial charge in [0.1, 0.15) is 5.82 Å². The van der Waals surface area contributed by atoms with Crippen molar-refractivity contribution < 1.29 is 4.79 Å². The van der Waals surface area contributed by atoms with Crippen LogP contribution in [0.3, 0.4) is 0 Å². The van der Waals surface area contributed by atoms with Crippen molar-refractivity contribution in [3.8, 4) is 11.4 Å². The number of thiophene rings is 1. The number of nitrogens with zero attached hydrogens (tertiary/aromatic N) is 5. The predicted octanol–water partition coefficient (Wildman–Crippen LogP) is 3.59. The van der Waals surface area contributed by atoms with Gasteiger partial charge in [-0.05, 0) is 47.7 Å². The zero-order valence-electron chi connectivity index (χ0n) is 15.1. The molecule has 5 rings (SSSR count). The first-order valence-electron chi connectivity index (χ1n) is 9.16. The molecule has 0 spiro atoms. The molecule has 0 radical (unpaired) electrons. The zero-order chi connectivity index (χ0) is 18.9. The highest BCUT2D eigenvalue weighted by Crippen LogP contribution is 2.23. The summed E-state index contributed by atoms with van der Waals surface area (Å²) < 4.78 is 1.76. The Kier molecular flexibility index (Phi) is 4.25. The molecule has 0 aliphatic carbocycles. The summed E-state index contributed by atoms with van der Waals surface area (Å²) >= 11 is 1.62. The Morgan fingerprint density at radius 3 is 2.71 bits per heavy atom. The van der Waals surface area contributed by atoms with E-state index < -0.39 is 0 Å².